The number of alkyl halides is 1. The van der Waals surface area contributed by atoms with Gasteiger partial charge in [-0.25, -0.2) is 0 Å². The van der Waals surface area contributed by atoms with Crippen LogP contribution in [0.1, 0.15) is 32.3 Å². The fourth-order valence-corrected chi connectivity index (χ4v) is 3.05. The summed E-state index contributed by atoms with van der Waals surface area (Å²) in [7, 11) is 0. The summed E-state index contributed by atoms with van der Waals surface area (Å²) >= 11 is 6.05. The molecule has 1 N–H and O–H groups in total. The third-order valence-corrected chi connectivity index (χ3v) is 4.76. The molecular formula is C18H22ClNO. The molecule has 0 aliphatic carbocycles. The normalized spacial score (nSPS) is 11.6. The summed E-state index contributed by atoms with van der Waals surface area (Å²) in [6, 6.07) is 14.2. The molecule has 2 aromatic rings. The first-order valence-corrected chi connectivity index (χ1v) is 8.01. The van der Waals surface area contributed by atoms with Gasteiger partial charge in [0.25, 0.3) is 0 Å². The molecule has 0 atom stereocenters. The van der Waals surface area contributed by atoms with Crippen LogP contribution in [0.3, 0.4) is 0 Å². The second-order valence-corrected chi connectivity index (χ2v) is 5.75. The zero-order valence-corrected chi connectivity index (χ0v) is 13.4. The average molecular weight is 304 g/mol. The van der Waals surface area contributed by atoms with Gasteiger partial charge < -0.3 is 5.32 Å². The lowest BCUT2D eigenvalue weighted by molar-refractivity contribution is -0.122. The number of hydrogen-bond acceptors (Lipinski definition) is 1. The zero-order chi connectivity index (χ0) is 15.3. The maximum absolute atomic E-state index is 12.4. The van der Waals surface area contributed by atoms with Crippen LogP contribution in [0.4, 0.5) is 0 Å². The first-order valence-electron chi connectivity index (χ1n) is 7.47. The summed E-state index contributed by atoms with van der Waals surface area (Å²) < 4.78 is 0. The second-order valence-electron chi connectivity index (χ2n) is 5.48. The van der Waals surface area contributed by atoms with Crippen molar-refractivity contribution in [1.82, 2.24) is 5.32 Å². The third-order valence-electron chi connectivity index (χ3n) is 4.24. The van der Waals surface area contributed by atoms with Gasteiger partial charge in [-0.05, 0) is 29.2 Å². The van der Waals surface area contributed by atoms with E-state index in [0.717, 1.165) is 29.2 Å². The maximum Gasteiger partial charge on any atom is 0.224 e. The van der Waals surface area contributed by atoms with E-state index in [1.807, 2.05) is 24.3 Å². The summed E-state index contributed by atoms with van der Waals surface area (Å²) in [6.07, 6.45) is 2.07. The van der Waals surface area contributed by atoms with Crippen LogP contribution in [0.2, 0.25) is 0 Å². The van der Waals surface area contributed by atoms with Crippen molar-refractivity contribution in [3.8, 4) is 0 Å². The van der Waals surface area contributed by atoms with Crippen LogP contribution in [0.15, 0.2) is 42.5 Å². The first kappa shape index (κ1) is 15.8. The number of benzene rings is 2. The van der Waals surface area contributed by atoms with Crippen molar-refractivity contribution in [1.29, 1.82) is 0 Å². The molecule has 21 heavy (non-hydrogen) atoms. The second kappa shape index (κ2) is 6.95. The van der Waals surface area contributed by atoms with Crippen molar-refractivity contribution in [2.45, 2.75) is 38.6 Å². The van der Waals surface area contributed by atoms with Crippen molar-refractivity contribution in [3.63, 3.8) is 0 Å². The summed E-state index contributed by atoms with van der Waals surface area (Å²) in [5, 5.41) is 5.42. The maximum atomic E-state index is 12.4. The number of amides is 1. The number of hydrogen-bond donors (Lipinski definition) is 1. The minimum Gasteiger partial charge on any atom is -0.349 e. The van der Waals surface area contributed by atoms with Crippen molar-refractivity contribution in [3.05, 3.63) is 48.0 Å². The summed E-state index contributed by atoms with van der Waals surface area (Å²) in [5.41, 5.74) is 0.768. The van der Waals surface area contributed by atoms with Crippen LogP contribution in [-0.4, -0.2) is 17.3 Å². The van der Waals surface area contributed by atoms with Crippen molar-refractivity contribution >= 4 is 28.3 Å². The highest BCUT2D eigenvalue weighted by Crippen LogP contribution is 2.21. The van der Waals surface area contributed by atoms with E-state index in [1.54, 1.807) is 0 Å². The lowest BCUT2D eigenvalue weighted by Gasteiger charge is -2.30. The molecule has 0 saturated carbocycles. The highest BCUT2D eigenvalue weighted by atomic mass is 35.5. The van der Waals surface area contributed by atoms with Gasteiger partial charge in [-0.3, -0.25) is 4.79 Å². The van der Waals surface area contributed by atoms with Gasteiger partial charge in [0.15, 0.2) is 0 Å². The minimum absolute atomic E-state index is 0.0377. The molecule has 0 radical (unpaired) electrons. The molecule has 0 unspecified atom stereocenters. The molecule has 0 heterocycles. The smallest absolute Gasteiger partial charge is 0.224 e. The van der Waals surface area contributed by atoms with Crippen LogP contribution in [0.25, 0.3) is 10.8 Å². The van der Waals surface area contributed by atoms with E-state index in [1.165, 1.54) is 0 Å². The summed E-state index contributed by atoms with van der Waals surface area (Å²) in [6.45, 7) is 4.12. The van der Waals surface area contributed by atoms with Gasteiger partial charge in [0.05, 0.1) is 12.0 Å². The van der Waals surface area contributed by atoms with E-state index >= 15 is 0 Å². The Kier molecular flexibility index (Phi) is 5.24. The number of carbonyl (C=O) groups excluding carboxylic acids is 1. The van der Waals surface area contributed by atoms with Gasteiger partial charge in [-0.15, -0.1) is 11.6 Å². The number of carbonyl (C=O) groups is 1. The van der Waals surface area contributed by atoms with Gasteiger partial charge in [-0.1, -0.05) is 56.3 Å². The van der Waals surface area contributed by atoms with Gasteiger partial charge in [0.1, 0.15) is 0 Å². The predicted octanol–water partition coefficient (Wildman–Crippen LogP) is 4.30. The summed E-state index contributed by atoms with van der Waals surface area (Å²) in [5.74, 6) is 0.483. The van der Waals surface area contributed by atoms with Crippen LogP contribution in [0.5, 0.6) is 0 Å². The Bertz CT molecular complexity index is 606. The molecule has 0 fully saturated rings. The van der Waals surface area contributed by atoms with Crippen LogP contribution in [0, 0.1) is 0 Å². The Hall–Kier alpha value is -1.54. The SMILES string of the molecule is CCC(CC)(CCl)NC(=O)Cc1cccc2ccccc12. The van der Waals surface area contributed by atoms with E-state index < -0.39 is 0 Å². The molecule has 2 nitrogen and oxygen atoms in total. The fraction of sp³-hybridized carbons (Fsp3) is 0.389. The highest BCUT2D eigenvalue weighted by molar-refractivity contribution is 6.18. The van der Waals surface area contributed by atoms with E-state index in [4.69, 9.17) is 11.6 Å². The molecule has 0 aliphatic rings. The lowest BCUT2D eigenvalue weighted by Crippen LogP contribution is -2.49. The Morgan fingerprint density at radius 1 is 1.10 bits per heavy atom. The topological polar surface area (TPSA) is 29.1 Å². The molecule has 1 amide bonds. The lowest BCUT2D eigenvalue weighted by atomic mass is 9.94. The molecule has 0 bridgehead atoms. The van der Waals surface area contributed by atoms with Gasteiger partial charge in [0.2, 0.25) is 5.91 Å². The van der Waals surface area contributed by atoms with E-state index in [2.05, 4.69) is 37.4 Å². The van der Waals surface area contributed by atoms with Crippen molar-refractivity contribution in [2.24, 2.45) is 0 Å². The van der Waals surface area contributed by atoms with Crippen LogP contribution < -0.4 is 5.32 Å². The molecule has 0 aromatic heterocycles. The quantitative estimate of drug-likeness (QED) is 0.792. The van der Waals surface area contributed by atoms with Gasteiger partial charge in [0, 0.05) is 5.88 Å². The monoisotopic (exact) mass is 303 g/mol. The molecule has 2 rings (SSSR count). The minimum atomic E-state index is -0.288. The Morgan fingerprint density at radius 3 is 2.43 bits per heavy atom. The van der Waals surface area contributed by atoms with E-state index in [-0.39, 0.29) is 11.4 Å². The van der Waals surface area contributed by atoms with Crippen LogP contribution in [-0.2, 0) is 11.2 Å². The predicted molar refractivity (Wildman–Crippen MR) is 89.8 cm³/mol. The van der Waals surface area contributed by atoms with Crippen molar-refractivity contribution in [2.75, 3.05) is 5.88 Å². The molecular weight excluding hydrogens is 282 g/mol. The number of rotatable bonds is 6. The fourth-order valence-electron chi connectivity index (χ4n) is 2.61. The van der Waals surface area contributed by atoms with E-state index in [0.29, 0.717) is 12.3 Å². The van der Waals surface area contributed by atoms with E-state index in [9.17, 15) is 4.79 Å². The third kappa shape index (κ3) is 3.56. The molecule has 0 saturated heterocycles. The number of fused-ring (bicyclic) bond motifs is 1. The van der Waals surface area contributed by atoms with Crippen molar-refractivity contribution < 1.29 is 4.79 Å². The molecule has 0 aliphatic heterocycles. The van der Waals surface area contributed by atoms with Gasteiger partial charge >= 0.3 is 0 Å². The Balaban J connectivity index is 2.19. The standard InChI is InChI=1S/C18H22ClNO/c1-3-18(4-2,13-19)20-17(21)12-15-10-7-9-14-8-5-6-11-16(14)15/h5-11H,3-4,12-13H2,1-2H3,(H,20,21). The average Bonchev–Trinajstić information content (AvgIpc) is 2.53. The first-order chi connectivity index (χ1) is 10.1. The van der Waals surface area contributed by atoms with Gasteiger partial charge in [-0.2, -0.15) is 0 Å². The Labute approximate surface area is 131 Å². The number of nitrogens with one attached hydrogen (secondary N) is 1. The molecule has 2 aromatic carbocycles. The Morgan fingerprint density at radius 2 is 1.76 bits per heavy atom. The van der Waals surface area contributed by atoms with Crippen LogP contribution >= 0.6 is 11.6 Å². The molecule has 0 spiro atoms. The highest BCUT2D eigenvalue weighted by Gasteiger charge is 2.26. The largest absolute Gasteiger partial charge is 0.349 e. The zero-order valence-electron chi connectivity index (χ0n) is 12.7. The number of halogens is 1. The summed E-state index contributed by atoms with van der Waals surface area (Å²) in [4.78, 5) is 12.4. The molecule has 112 valence electrons. The molecule has 3 heteroatoms.